The van der Waals surface area contributed by atoms with Crippen LogP contribution < -0.4 is 5.32 Å². The van der Waals surface area contributed by atoms with Gasteiger partial charge in [0.05, 0.1) is 6.10 Å². The van der Waals surface area contributed by atoms with Gasteiger partial charge in [-0.25, -0.2) is 4.39 Å². The maximum Gasteiger partial charge on any atom is 0.123 e. The first-order valence-corrected chi connectivity index (χ1v) is 5.74. The molecule has 0 radical (unpaired) electrons. The van der Waals surface area contributed by atoms with Crippen molar-refractivity contribution in [3.8, 4) is 0 Å². The molecule has 0 saturated carbocycles. The van der Waals surface area contributed by atoms with Crippen LogP contribution in [-0.2, 0) is 4.74 Å². The van der Waals surface area contributed by atoms with Crippen molar-refractivity contribution >= 4 is 0 Å². The highest BCUT2D eigenvalue weighted by atomic mass is 19.1. The van der Waals surface area contributed by atoms with Crippen molar-refractivity contribution in [3.63, 3.8) is 0 Å². The molecule has 0 bridgehead atoms. The molecular formula is C13H20FNO. The molecule has 0 saturated heterocycles. The van der Waals surface area contributed by atoms with E-state index in [4.69, 9.17) is 4.74 Å². The predicted octanol–water partition coefficient (Wildman–Crippen LogP) is 2.90. The third-order valence-corrected chi connectivity index (χ3v) is 2.51. The van der Waals surface area contributed by atoms with E-state index in [1.807, 2.05) is 26.8 Å². The molecule has 90 valence electrons. The number of rotatable bonds is 6. The molecule has 3 heteroatoms. The smallest absolute Gasteiger partial charge is 0.123 e. The molecule has 0 heterocycles. The summed E-state index contributed by atoms with van der Waals surface area (Å²) < 4.78 is 18.4. The molecule has 2 atom stereocenters. The van der Waals surface area contributed by atoms with Crippen LogP contribution in [0.2, 0.25) is 0 Å². The molecule has 16 heavy (non-hydrogen) atoms. The van der Waals surface area contributed by atoms with E-state index < -0.39 is 0 Å². The summed E-state index contributed by atoms with van der Waals surface area (Å²) in [6.07, 6.45) is 0.181. The Morgan fingerprint density at radius 2 is 2.12 bits per heavy atom. The minimum atomic E-state index is -0.191. The monoisotopic (exact) mass is 225 g/mol. The van der Waals surface area contributed by atoms with Crippen molar-refractivity contribution in [1.82, 2.24) is 5.32 Å². The molecule has 1 aromatic rings. The molecule has 1 N–H and O–H groups in total. The number of nitrogens with one attached hydrogen (secondary N) is 1. The second kappa shape index (κ2) is 6.61. The average molecular weight is 225 g/mol. The summed E-state index contributed by atoms with van der Waals surface area (Å²) in [6.45, 7) is 7.51. The minimum absolute atomic E-state index is 0.138. The predicted molar refractivity (Wildman–Crippen MR) is 63.9 cm³/mol. The fourth-order valence-electron chi connectivity index (χ4n) is 1.58. The highest BCUT2D eigenvalue weighted by molar-refractivity contribution is 5.19. The Labute approximate surface area is 96.8 Å². The van der Waals surface area contributed by atoms with Gasteiger partial charge < -0.3 is 10.1 Å². The lowest BCUT2D eigenvalue weighted by molar-refractivity contribution is 0.0743. The minimum Gasteiger partial charge on any atom is -0.377 e. The third kappa shape index (κ3) is 4.29. The number of hydrogen-bond donors (Lipinski definition) is 1. The Morgan fingerprint density at radius 1 is 1.38 bits per heavy atom. The van der Waals surface area contributed by atoms with Crippen LogP contribution in [0.3, 0.4) is 0 Å². The van der Waals surface area contributed by atoms with E-state index >= 15 is 0 Å². The van der Waals surface area contributed by atoms with E-state index in [2.05, 4.69) is 5.32 Å². The van der Waals surface area contributed by atoms with Crippen LogP contribution in [0.5, 0.6) is 0 Å². The highest BCUT2D eigenvalue weighted by Crippen LogP contribution is 2.13. The highest BCUT2D eigenvalue weighted by Gasteiger charge is 2.07. The summed E-state index contributed by atoms with van der Waals surface area (Å²) in [5.41, 5.74) is 0.962. The lowest BCUT2D eigenvalue weighted by Gasteiger charge is -2.18. The van der Waals surface area contributed by atoms with Gasteiger partial charge in [-0.15, -0.1) is 0 Å². The fraction of sp³-hybridized carbons (Fsp3) is 0.538. The van der Waals surface area contributed by atoms with Gasteiger partial charge in [0.25, 0.3) is 0 Å². The van der Waals surface area contributed by atoms with Crippen molar-refractivity contribution in [3.05, 3.63) is 35.6 Å². The van der Waals surface area contributed by atoms with E-state index in [1.165, 1.54) is 6.07 Å². The van der Waals surface area contributed by atoms with Gasteiger partial charge in [-0.1, -0.05) is 12.1 Å². The van der Waals surface area contributed by atoms with Gasteiger partial charge in [0.15, 0.2) is 0 Å². The molecule has 1 rings (SSSR count). The molecule has 2 nitrogen and oxygen atoms in total. The van der Waals surface area contributed by atoms with Crippen LogP contribution in [0, 0.1) is 5.82 Å². The van der Waals surface area contributed by atoms with E-state index in [0.717, 1.165) is 18.7 Å². The lowest BCUT2D eigenvalue weighted by Crippen LogP contribution is -2.29. The summed E-state index contributed by atoms with van der Waals surface area (Å²) >= 11 is 0. The molecule has 0 aliphatic heterocycles. The van der Waals surface area contributed by atoms with Crippen LogP contribution in [0.4, 0.5) is 4.39 Å². The maximum atomic E-state index is 13.0. The van der Waals surface area contributed by atoms with Crippen molar-refractivity contribution in [2.45, 2.75) is 32.9 Å². The molecular weight excluding hydrogens is 205 g/mol. The van der Waals surface area contributed by atoms with Crippen LogP contribution in [0.25, 0.3) is 0 Å². The average Bonchev–Trinajstić information content (AvgIpc) is 2.26. The van der Waals surface area contributed by atoms with Crippen LogP contribution in [0.15, 0.2) is 24.3 Å². The lowest BCUT2D eigenvalue weighted by atomic mass is 10.1. The first-order chi connectivity index (χ1) is 7.63. The summed E-state index contributed by atoms with van der Waals surface area (Å²) in [4.78, 5) is 0. The normalized spacial score (nSPS) is 14.8. The maximum absolute atomic E-state index is 13.0. The first-order valence-electron chi connectivity index (χ1n) is 5.74. The Bertz CT molecular complexity index is 317. The first kappa shape index (κ1) is 13.1. The quantitative estimate of drug-likeness (QED) is 0.803. The molecule has 0 aliphatic rings. The summed E-state index contributed by atoms with van der Waals surface area (Å²) in [6, 6.07) is 6.81. The van der Waals surface area contributed by atoms with Crippen molar-refractivity contribution in [1.29, 1.82) is 0 Å². The second-order valence-corrected chi connectivity index (χ2v) is 3.95. The number of ether oxygens (including phenoxy) is 1. The van der Waals surface area contributed by atoms with Crippen molar-refractivity contribution < 1.29 is 9.13 Å². The van der Waals surface area contributed by atoms with E-state index in [1.54, 1.807) is 12.1 Å². The van der Waals surface area contributed by atoms with Gasteiger partial charge in [-0.2, -0.15) is 0 Å². The largest absolute Gasteiger partial charge is 0.377 e. The number of benzene rings is 1. The number of hydrogen-bond acceptors (Lipinski definition) is 2. The van der Waals surface area contributed by atoms with E-state index in [-0.39, 0.29) is 18.0 Å². The zero-order chi connectivity index (χ0) is 12.0. The number of halogens is 1. The van der Waals surface area contributed by atoms with Gasteiger partial charge in [-0.3, -0.25) is 0 Å². The van der Waals surface area contributed by atoms with Gasteiger partial charge in [0.1, 0.15) is 5.82 Å². The van der Waals surface area contributed by atoms with Crippen LogP contribution >= 0.6 is 0 Å². The van der Waals surface area contributed by atoms with Crippen molar-refractivity contribution in [2.75, 3.05) is 13.2 Å². The molecule has 0 aromatic heterocycles. The molecule has 1 aromatic carbocycles. The van der Waals surface area contributed by atoms with Gasteiger partial charge in [-0.05, 0) is 38.5 Å². The Balaban J connectivity index is 2.43. The van der Waals surface area contributed by atoms with Gasteiger partial charge >= 0.3 is 0 Å². The molecule has 0 spiro atoms. The van der Waals surface area contributed by atoms with Crippen molar-refractivity contribution in [2.24, 2.45) is 0 Å². The summed E-state index contributed by atoms with van der Waals surface area (Å²) in [5.74, 6) is -0.191. The molecule has 0 fully saturated rings. The molecule has 0 aliphatic carbocycles. The Morgan fingerprint density at radius 3 is 2.75 bits per heavy atom. The Kier molecular flexibility index (Phi) is 5.43. The SMILES string of the molecule is CCOC(C)CNC(C)c1cccc(F)c1. The topological polar surface area (TPSA) is 21.3 Å². The second-order valence-electron chi connectivity index (χ2n) is 3.95. The van der Waals surface area contributed by atoms with Crippen LogP contribution in [0.1, 0.15) is 32.4 Å². The summed E-state index contributed by atoms with van der Waals surface area (Å²) in [5, 5.41) is 3.32. The summed E-state index contributed by atoms with van der Waals surface area (Å²) in [7, 11) is 0. The zero-order valence-electron chi connectivity index (χ0n) is 10.2. The van der Waals surface area contributed by atoms with Gasteiger partial charge in [0, 0.05) is 19.2 Å². The van der Waals surface area contributed by atoms with E-state index in [9.17, 15) is 4.39 Å². The molecule has 2 unspecified atom stereocenters. The molecule has 0 amide bonds. The standard InChI is InChI=1S/C13H20FNO/c1-4-16-10(2)9-15-11(3)12-6-5-7-13(14)8-12/h5-8,10-11,15H,4,9H2,1-3H3. The van der Waals surface area contributed by atoms with Gasteiger partial charge in [0.2, 0.25) is 0 Å². The van der Waals surface area contributed by atoms with Crippen LogP contribution in [-0.4, -0.2) is 19.3 Å². The zero-order valence-corrected chi connectivity index (χ0v) is 10.2. The third-order valence-electron chi connectivity index (χ3n) is 2.51. The Hall–Kier alpha value is -0.930. The fourth-order valence-corrected chi connectivity index (χ4v) is 1.58. The van der Waals surface area contributed by atoms with E-state index in [0.29, 0.717) is 0 Å².